The molecule has 72 valence electrons. The summed E-state index contributed by atoms with van der Waals surface area (Å²) in [6.45, 7) is 1.31. The normalized spacial score (nSPS) is 10.1. The molecule has 0 radical (unpaired) electrons. The fraction of sp³-hybridized carbons (Fsp3) is 0.429. The number of nitrogens with one attached hydrogen (secondary N) is 1. The molecule has 1 rings (SSSR count). The van der Waals surface area contributed by atoms with Gasteiger partial charge < -0.3 is 10.1 Å². The fourth-order valence-electron chi connectivity index (χ4n) is 0.739. The summed E-state index contributed by atoms with van der Waals surface area (Å²) in [7, 11) is 1.64. The summed E-state index contributed by atoms with van der Waals surface area (Å²) in [4.78, 5) is 0. The van der Waals surface area contributed by atoms with Gasteiger partial charge in [-0.2, -0.15) is 0 Å². The Labute approximate surface area is 89.8 Å². The summed E-state index contributed by atoms with van der Waals surface area (Å²) in [5.74, 6) is 0.668. The van der Waals surface area contributed by atoms with Crippen LogP contribution in [0.4, 0.5) is 5.82 Å². The van der Waals surface area contributed by atoms with E-state index in [9.17, 15) is 0 Å². The first-order valence-electron chi connectivity index (χ1n) is 3.65. The average molecular weight is 267 g/mol. The Morgan fingerprint density at radius 3 is 3.00 bits per heavy atom. The van der Waals surface area contributed by atoms with Gasteiger partial charge in [0, 0.05) is 13.7 Å². The first kappa shape index (κ1) is 10.7. The van der Waals surface area contributed by atoms with Gasteiger partial charge in [-0.15, -0.1) is 10.2 Å². The lowest BCUT2D eigenvalue weighted by atomic mass is 10.5. The smallest absolute Gasteiger partial charge is 0.163 e. The standard InChI is InChI=1S/C7H9BrClN3O/c1-13-3-2-10-7-5(8)4-6(9)11-12-7/h4H,2-3H2,1H3,(H,10,12). The molecular formula is C7H9BrClN3O. The van der Waals surface area contributed by atoms with Crippen LogP contribution in [-0.2, 0) is 4.74 Å². The van der Waals surface area contributed by atoms with Crippen molar-refractivity contribution in [1.82, 2.24) is 10.2 Å². The number of rotatable bonds is 4. The second-order valence-corrected chi connectivity index (χ2v) is 3.52. The summed E-state index contributed by atoms with van der Waals surface area (Å²) in [5.41, 5.74) is 0. The first-order chi connectivity index (χ1) is 6.24. The van der Waals surface area contributed by atoms with E-state index in [1.807, 2.05) is 0 Å². The van der Waals surface area contributed by atoms with E-state index in [0.717, 1.165) is 4.47 Å². The number of aromatic nitrogens is 2. The Morgan fingerprint density at radius 2 is 2.38 bits per heavy atom. The van der Waals surface area contributed by atoms with Crippen molar-refractivity contribution in [2.75, 3.05) is 25.6 Å². The van der Waals surface area contributed by atoms with Crippen molar-refractivity contribution in [3.05, 3.63) is 15.7 Å². The van der Waals surface area contributed by atoms with E-state index in [4.69, 9.17) is 16.3 Å². The molecule has 1 N–H and O–H groups in total. The number of anilines is 1. The number of hydrogen-bond donors (Lipinski definition) is 1. The van der Waals surface area contributed by atoms with Crippen molar-refractivity contribution in [1.29, 1.82) is 0 Å². The zero-order valence-corrected chi connectivity index (χ0v) is 9.39. The Morgan fingerprint density at radius 1 is 1.62 bits per heavy atom. The average Bonchev–Trinajstić information content (AvgIpc) is 2.09. The molecule has 0 bridgehead atoms. The molecule has 1 heterocycles. The van der Waals surface area contributed by atoms with Crippen molar-refractivity contribution in [3.63, 3.8) is 0 Å². The molecule has 0 aliphatic heterocycles. The molecule has 0 saturated carbocycles. The van der Waals surface area contributed by atoms with Gasteiger partial charge in [0.2, 0.25) is 0 Å². The molecule has 0 unspecified atom stereocenters. The largest absolute Gasteiger partial charge is 0.383 e. The maximum absolute atomic E-state index is 5.62. The van der Waals surface area contributed by atoms with Gasteiger partial charge in [0.05, 0.1) is 11.1 Å². The highest BCUT2D eigenvalue weighted by molar-refractivity contribution is 9.10. The summed E-state index contributed by atoms with van der Waals surface area (Å²) < 4.78 is 5.67. The third-order valence-corrected chi connectivity index (χ3v) is 2.11. The molecule has 4 nitrogen and oxygen atoms in total. The lowest BCUT2D eigenvalue weighted by Crippen LogP contribution is -2.09. The third kappa shape index (κ3) is 3.46. The monoisotopic (exact) mass is 265 g/mol. The van der Waals surface area contributed by atoms with Crippen LogP contribution in [0.3, 0.4) is 0 Å². The molecule has 0 spiro atoms. The molecule has 0 fully saturated rings. The Hall–Kier alpha value is -0.390. The van der Waals surface area contributed by atoms with Crippen LogP contribution in [0.25, 0.3) is 0 Å². The van der Waals surface area contributed by atoms with Gasteiger partial charge in [-0.3, -0.25) is 0 Å². The summed E-state index contributed by atoms with van der Waals surface area (Å²) in [6, 6.07) is 1.68. The summed E-state index contributed by atoms with van der Waals surface area (Å²) in [5, 5.41) is 11.0. The van der Waals surface area contributed by atoms with E-state index in [2.05, 4.69) is 31.4 Å². The van der Waals surface area contributed by atoms with E-state index >= 15 is 0 Å². The van der Waals surface area contributed by atoms with Crippen LogP contribution in [0.5, 0.6) is 0 Å². The Balaban J connectivity index is 2.56. The molecule has 0 saturated heterocycles. The van der Waals surface area contributed by atoms with Crippen LogP contribution >= 0.6 is 27.5 Å². The van der Waals surface area contributed by atoms with Gasteiger partial charge in [0.15, 0.2) is 11.0 Å². The molecule has 0 amide bonds. The highest BCUT2D eigenvalue weighted by Crippen LogP contribution is 2.20. The molecule has 0 atom stereocenters. The lowest BCUT2D eigenvalue weighted by Gasteiger charge is -2.05. The van der Waals surface area contributed by atoms with Crippen LogP contribution in [0.15, 0.2) is 10.5 Å². The zero-order valence-electron chi connectivity index (χ0n) is 7.05. The van der Waals surface area contributed by atoms with Gasteiger partial charge in [0.1, 0.15) is 0 Å². The molecule has 0 aliphatic carbocycles. The van der Waals surface area contributed by atoms with Crippen LogP contribution in [-0.4, -0.2) is 30.5 Å². The predicted molar refractivity (Wildman–Crippen MR) is 55.1 cm³/mol. The van der Waals surface area contributed by atoms with E-state index in [1.165, 1.54) is 0 Å². The van der Waals surface area contributed by atoms with Crippen LogP contribution in [0.2, 0.25) is 5.15 Å². The minimum atomic E-state index is 0.365. The molecule has 13 heavy (non-hydrogen) atoms. The molecular weight excluding hydrogens is 257 g/mol. The van der Waals surface area contributed by atoms with Gasteiger partial charge in [-0.05, 0) is 22.0 Å². The van der Waals surface area contributed by atoms with Crippen LogP contribution in [0.1, 0.15) is 0 Å². The van der Waals surface area contributed by atoms with Crippen molar-refractivity contribution in [2.45, 2.75) is 0 Å². The maximum Gasteiger partial charge on any atom is 0.163 e. The van der Waals surface area contributed by atoms with Crippen molar-refractivity contribution in [3.8, 4) is 0 Å². The van der Waals surface area contributed by atoms with E-state index in [0.29, 0.717) is 24.1 Å². The number of ether oxygens (including phenoxy) is 1. The predicted octanol–water partition coefficient (Wildman–Crippen LogP) is 1.95. The van der Waals surface area contributed by atoms with Gasteiger partial charge in [0.25, 0.3) is 0 Å². The number of halogens is 2. The maximum atomic E-state index is 5.62. The van der Waals surface area contributed by atoms with Gasteiger partial charge in [-0.25, -0.2) is 0 Å². The quantitative estimate of drug-likeness (QED) is 0.846. The molecule has 1 aromatic heterocycles. The number of nitrogens with zero attached hydrogens (tertiary/aromatic N) is 2. The fourth-order valence-corrected chi connectivity index (χ4v) is 1.45. The molecule has 6 heteroatoms. The molecule has 0 aromatic carbocycles. The SMILES string of the molecule is COCCNc1nnc(Cl)cc1Br. The minimum absolute atomic E-state index is 0.365. The van der Waals surface area contributed by atoms with Gasteiger partial charge >= 0.3 is 0 Å². The lowest BCUT2D eigenvalue weighted by molar-refractivity contribution is 0.210. The molecule has 0 aliphatic rings. The summed E-state index contributed by atoms with van der Waals surface area (Å²) in [6.07, 6.45) is 0. The first-order valence-corrected chi connectivity index (χ1v) is 4.82. The van der Waals surface area contributed by atoms with E-state index in [1.54, 1.807) is 13.2 Å². The highest BCUT2D eigenvalue weighted by Gasteiger charge is 2.01. The van der Waals surface area contributed by atoms with Crippen molar-refractivity contribution in [2.24, 2.45) is 0 Å². The Bertz CT molecular complexity index is 284. The second-order valence-electron chi connectivity index (χ2n) is 2.28. The number of hydrogen-bond acceptors (Lipinski definition) is 4. The summed E-state index contributed by atoms with van der Waals surface area (Å²) >= 11 is 8.93. The topological polar surface area (TPSA) is 47.0 Å². The van der Waals surface area contributed by atoms with Crippen molar-refractivity contribution >= 4 is 33.3 Å². The van der Waals surface area contributed by atoms with Crippen LogP contribution < -0.4 is 5.32 Å². The van der Waals surface area contributed by atoms with Crippen LogP contribution in [0, 0.1) is 0 Å². The van der Waals surface area contributed by atoms with E-state index < -0.39 is 0 Å². The Kier molecular flexibility index (Phi) is 4.41. The third-order valence-electron chi connectivity index (χ3n) is 1.32. The van der Waals surface area contributed by atoms with Crippen molar-refractivity contribution < 1.29 is 4.74 Å². The van der Waals surface area contributed by atoms with Gasteiger partial charge in [-0.1, -0.05) is 11.6 Å². The highest BCUT2D eigenvalue weighted by atomic mass is 79.9. The van der Waals surface area contributed by atoms with E-state index in [-0.39, 0.29) is 0 Å². The number of methoxy groups -OCH3 is 1. The zero-order chi connectivity index (χ0) is 9.68. The molecule has 1 aromatic rings. The second kappa shape index (κ2) is 5.36. The minimum Gasteiger partial charge on any atom is -0.383 e.